The number of benzene rings is 2. The Morgan fingerprint density at radius 1 is 0.938 bits per heavy atom. The molecular weight excluding hydrogens is 424 g/mol. The molecule has 1 atom stereocenters. The molecule has 0 saturated carbocycles. The highest BCUT2D eigenvalue weighted by molar-refractivity contribution is 7.91. The van der Waals surface area contributed by atoms with Gasteiger partial charge in [0.15, 0.2) is 5.76 Å². The van der Waals surface area contributed by atoms with Crippen molar-refractivity contribution in [1.29, 1.82) is 0 Å². The maximum atomic E-state index is 12.8. The first-order valence-electron chi connectivity index (χ1n) is 10.8. The topological polar surface area (TPSA) is 79.6 Å². The molecule has 1 saturated heterocycles. The predicted molar refractivity (Wildman–Crippen MR) is 122 cm³/mol. The summed E-state index contributed by atoms with van der Waals surface area (Å²) < 4.78 is 31.1. The van der Waals surface area contributed by atoms with Gasteiger partial charge in [-0.2, -0.15) is 0 Å². The molecule has 0 radical (unpaired) electrons. The van der Waals surface area contributed by atoms with Crippen molar-refractivity contribution in [3.63, 3.8) is 0 Å². The molecule has 1 unspecified atom stereocenters. The quantitative estimate of drug-likeness (QED) is 0.578. The Hall–Kier alpha value is -2.90. The van der Waals surface area contributed by atoms with Gasteiger partial charge in [0.1, 0.15) is 0 Å². The molecule has 2 heterocycles. The number of carbonyl (C=O) groups excluding carboxylic acids is 1. The number of furan rings is 1. The van der Waals surface area contributed by atoms with Gasteiger partial charge in [0, 0.05) is 6.54 Å². The number of hydrogen-bond acceptors (Lipinski definition) is 5. The summed E-state index contributed by atoms with van der Waals surface area (Å²) in [6, 6.07) is 17.7. The van der Waals surface area contributed by atoms with Gasteiger partial charge < -0.3 is 9.73 Å². The Bertz CT molecular complexity index is 1180. The maximum Gasteiger partial charge on any atom is 0.287 e. The summed E-state index contributed by atoms with van der Waals surface area (Å²) in [7, 11) is -3.81. The van der Waals surface area contributed by atoms with Crippen molar-refractivity contribution >= 4 is 15.7 Å². The Morgan fingerprint density at radius 3 is 2.16 bits per heavy atom. The molecule has 7 heteroatoms. The van der Waals surface area contributed by atoms with Crippen LogP contribution in [0.2, 0.25) is 0 Å². The molecule has 0 bridgehead atoms. The second-order valence-corrected chi connectivity index (χ2v) is 10.2. The largest absolute Gasteiger partial charge is 0.439 e. The number of nitrogens with one attached hydrogen (secondary N) is 1. The van der Waals surface area contributed by atoms with E-state index in [-0.39, 0.29) is 21.8 Å². The van der Waals surface area contributed by atoms with E-state index in [1.54, 1.807) is 12.1 Å². The highest BCUT2D eigenvalue weighted by Crippen LogP contribution is 2.26. The third-order valence-electron chi connectivity index (χ3n) is 5.90. The lowest BCUT2D eigenvalue weighted by Crippen LogP contribution is -2.36. The summed E-state index contributed by atoms with van der Waals surface area (Å²) in [6.45, 7) is 6.35. The highest BCUT2D eigenvalue weighted by atomic mass is 32.2. The van der Waals surface area contributed by atoms with Gasteiger partial charge in [-0.1, -0.05) is 47.5 Å². The van der Waals surface area contributed by atoms with Crippen LogP contribution in [0.25, 0.3) is 0 Å². The predicted octanol–water partition coefficient (Wildman–Crippen LogP) is 4.30. The van der Waals surface area contributed by atoms with E-state index in [2.05, 4.69) is 41.4 Å². The molecule has 4 rings (SSSR count). The van der Waals surface area contributed by atoms with Crippen LogP contribution in [0.15, 0.2) is 75.1 Å². The van der Waals surface area contributed by atoms with Crippen molar-refractivity contribution < 1.29 is 17.6 Å². The molecule has 168 valence electrons. The van der Waals surface area contributed by atoms with Crippen molar-refractivity contribution in [3.05, 3.63) is 83.1 Å². The fourth-order valence-corrected chi connectivity index (χ4v) is 5.17. The van der Waals surface area contributed by atoms with E-state index < -0.39 is 15.7 Å². The van der Waals surface area contributed by atoms with E-state index >= 15 is 0 Å². The standard InChI is InChI=1S/C25H28N2O4S/c1-18-5-9-20(10-6-18)22(27-15-3-4-16-27)17-26-25(28)23-13-14-24(31-23)32(29,30)21-11-7-19(2)8-12-21/h5-14,22H,3-4,15-17H2,1-2H3,(H,26,28). The van der Waals surface area contributed by atoms with E-state index in [0.29, 0.717) is 6.54 Å². The molecule has 3 aromatic rings. The molecule has 0 aliphatic carbocycles. The number of aryl methyl sites for hydroxylation is 2. The van der Waals surface area contributed by atoms with Gasteiger partial charge in [0.2, 0.25) is 14.9 Å². The molecular formula is C25H28N2O4S. The lowest BCUT2D eigenvalue weighted by atomic mass is 10.0. The van der Waals surface area contributed by atoms with Crippen LogP contribution in [0.4, 0.5) is 0 Å². The van der Waals surface area contributed by atoms with Crippen LogP contribution in [-0.2, 0) is 9.84 Å². The third-order valence-corrected chi connectivity index (χ3v) is 7.54. The smallest absolute Gasteiger partial charge is 0.287 e. The maximum absolute atomic E-state index is 12.8. The normalized spacial score (nSPS) is 15.6. The molecule has 6 nitrogen and oxygen atoms in total. The second-order valence-electron chi connectivity index (χ2n) is 8.31. The number of sulfone groups is 1. The second kappa shape index (κ2) is 9.30. The van der Waals surface area contributed by atoms with E-state index in [1.807, 2.05) is 6.92 Å². The van der Waals surface area contributed by atoms with Crippen molar-refractivity contribution in [1.82, 2.24) is 10.2 Å². The molecule has 1 aromatic heterocycles. The summed E-state index contributed by atoms with van der Waals surface area (Å²) in [5.74, 6) is -0.438. The minimum absolute atomic E-state index is 0.0141. The van der Waals surface area contributed by atoms with Crippen LogP contribution < -0.4 is 5.32 Å². The zero-order valence-electron chi connectivity index (χ0n) is 18.4. The first-order chi connectivity index (χ1) is 15.3. The molecule has 1 aliphatic rings. The van der Waals surface area contributed by atoms with E-state index in [9.17, 15) is 13.2 Å². The SMILES string of the molecule is Cc1ccc(C(CNC(=O)c2ccc(S(=O)(=O)c3ccc(C)cc3)o2)N2CCCC2)cc1. The van der Waals surface area contributed by atoms with Crippen LogP contribution in [0.5, 0.6) is 0 Å². The van der Waals surface area contributed by atoms with Crippen LogP contribution in [0.3, 0.4) is 0 Å². The first kappa shape index (κ1) is 22.3. The summed E-state index contributed by atoms with van der Waals surface area (Å²) >= 11 is 0. The number of amides is 1. The lowest BCUT2D eigenvalue weighted by Gasteiger charge is -2.28. The van der Waals surface area contributed by atoms with Crippen LogP contribution in [-0.4, -0.2) is 38.9 Å². The summed E-state index contributed by atoms with van der Waals surface area (Å²) in [5, 5.41) is 2.70. The van der Waals surface area contributed by atoms with Gasteiger partial charge in [-0.25, -0.2) is 8.42 Å². The van der Waals surface area contributed by atoms with Gasteiger partial charge in [-0.05, 0) is 69.6 Å². The minimum Gasteiger partial charge on any atom is -0.439 e. The van der Waals surface area contributed by atoms with E-state index in [4.69, 9.17) is 4.42 Å². The Labute approximate surface area is 189 Å². The van der Waals surface area contributed by atoms with Crippen LogP contribution in [0.1, 0.15) is 46.1 Å². The Balaban J connectivity index is 1.48. The van der Waals surface area contributed by atoms with Gasteiger partial charge in [-0.3, -0.25) is 9.69 Å². The minimum atomic E-state index is -3.81. The van der Waals surface area contributed by atoms with Gasteiger partial charge in [0.05, 0.1) is 10.9 Å². The molecule has 1 aliphatic heterocycles. The number of rotatable bonds is 7. The number of likely N-dealkylation sites (tertiary alicyclic amines) is 1. The Kier molecular flexibility index (Phi) is 6.48. The summed E-state index contributed by atoms with van der Waals surface area (Å²) in [5.41, 5.74) is 3.31. The molecule has 1 fully saturated rings. The van der Waals surface area contributed by atoms with Gasteiger partial charge in [0.25, 0.3) is 5.91 Å². The third kappa shape index (κ3) is 4.79. The van der Waals surface area contributed by atoms with Crippen molar-refractivity contribution in [2.24, 2.45) is 0 Å². The number of nitrogens with zero attached hydrogens (tertiary/aromatic N) is 1. The number of carbonyl (C=O) groups is 1. The van der Waals surface area contributed by atoms with Crippen LogP contribution in [0, 0.1) is 13.8 Å². The highest BCUT2D eigenvalue weighted by Gasteiger charge is 2.26. The molecule has 2 aromatic carbocycles. The van der Waals surface area contributed by atoms with Gasteiger partial charge >= 0.3 is 0 Å². The fraction of sp³-hybridized carbons (Fsp3) is 0.320. The van der Waals surface area contributed by atoms with Crippen molar-refractivity contribution in [3.8, 4) is 0 Å². The monoisotopic (exact) mass is 452 g/mol. The van der Waals surface area contributed by atoms with Crippen molar-refractivity contribution in [2.45, 2.75) is 42.7 Å². The van der Waals surface area contributed by atoms with Gasteiger partial charge in [-0.15, -0.1) is 0 Å². The van der Waals surface area contributed by atoms with E-state index in [0.717, 1.165) is 37.1 Å². The molecule has 1 amide bonds. The summed E-state index contributed by atoms with van der Waals surface area (Å²) in [6.07, 6.45) is 2.30. The molecule has 32 heavy (non-hydrogen) atoms. The molecule has 0 spiro atoms. The average Bonchev–Trinajstić information content (AvgIpc) is 3.48. The summed E-state index contributed by atoms with van der Waals surface area (Å²) in [4.78, 5) is 15.3. The average molecular weight is 453 g/mol. The lowest BCUT2D eigenvalue weighted by molar-refractivity contribution is 0.0905. The zero-order valence-corrected chi connectivity index (χ0v) is 19.2. The van der Waals surface area contributed by atoms with Crippen LogP contribution >= 0.6 is 0 Å². The first-order valence-corrected chi connectivity index (χ1v) is 12.3. The van der Waals surface area contributed by atoms with E-state index in [1.165, 1.54) is 29.8 Å². The fourth-order valence-electron chi connectivity index (χ4n) is 4.00. The molecule has 1 N–H and O–H groups in total. The zero-order chi connectivity index (χ0) is 22.7. The Morgan fingerprint density at radius 2 is 1.53 bits per heavy atom. The van der Waals surface area contributed by atoms with Crippen molar-refractivity contribution in [2.75, 3.05) is 19.6 Å². The number of hydrogen-bond donors (Lipinski definition) is 1.